The summed E-state index contributed by atoms with van der Waals surface area (Å²) in [4.78, 5) is 4.27. The first kappa shape index (κ1) is 21.4. The van der Waals surface area contributed by atoms with Crippen LogP contribution >= 0.6 is 24.0 Å². The largest absolute Gasteiger partial charge is 0.508 e. The molecule has 0 aliphatic heterocycles. The Morgan fingerprint density at radius 3 is 2.46 bits per heavy atom. The molecule has 0 atom stereocenters. The average molecular weight is 491 g/mol. The van der Waals surface area contributed by atoms with Gasteiger partial charge in [-0.15, -0.1) is 24.0 Å². The maximum Gasteiger partial charge on any atom is 0.193 e. The van der Waals surface area contributed by atoms with Gasteiger partial charge in [-0.05, 0) is 42.5 Å². The lowest BCUT2D eigenvalue weighted by molar-refractivity contribution is 0.411. The quantitative estimate of drug-likeness (QED) is 0.264. The number of guanidine groups is 1. The van der Waals surface area contributed by atoms with E-state index >= 15 is 0 Å². The van der Waals surface area contributed by atoms with Crippen molar-refractivity contribution in [2.75, 3.05) is 12.4 Å². The van der Waals surface area contributed by atoms with Crippen LogP contribution in [-0.4, -0.2) is 18.2 Å². The summed E-state index contributed by atoms with van der Waals surface area (Å²) in [5.41, 5.74) is 7.34. The smallest absolute Gasteiger partial charge is 0.193 e. The minimum atomic E-state index is 0. The highest BCUT2D eigenvalue weighted by Crippen LogP contribution is 2.25. The molecule has 0 aliphatic rings. The number of aliphatic imine (C=N–C) groups is 1. The Morgan fingerprint density at radius 2 is 1.71 bits per heavy atom. The van der Waals surface area contributed by atoms with Crippen LogP contribution in [0.1, 0.15) is 5.56 Å². The Hall–Kier alpha value is -2.94. The van der Waals surface area contributed by atoms with E-state index in [1.165, 1.54) is 0 Å². The number of nitrogens with one attached hydrogen (secondary N) is 1. The van der Waals surface area contributed by atoms with Crippen LogP contribution in [-0.2, 0) is 6.54 Å². The number of anilines is 1. The fourth-order valence-electron chi connectivity index (χ4n) is 2.44. The van der Waals surface area contributed by atoms with Gasteiger partial charge in [-0.1, -0.05) is 24.3 Å². The number of phenolic OH excluding ortho intramolecular Hbond substituents is 1. The molecule has 28 heavy (non-hydrogen) atoms. The molecule has 0 unspecified atom stereocenters. The number of methoxy groups -OCH3 is 1. The van der Waals surface area contributed by atoms with Gasteiger partial charge in [0.25, 0.3) is 0 Å². The zero-order chi connectivity index (χ0) is 19.1. The van der Waals surface area contributed by atoms with E-state index in [-0.39, 0.29) is 42.2 Å². The first-order valence-corrected chi connectivity index (χ1v) is 8.40. The van der Waals surface area contributed by atoms with E-state index in [4.69, 9.17) is 15.2 Å². The Balaban J connectivity index is 0.00000280. The third-order valence-electron chi connectivity index (χ3n) is 3.79. The van der Waals surface area contributed by atoms with Crippen molar-refractivity contribution < 1.29 is 14.6 Å². The van der Waals surface area contributed by atoms with E-state index in [2.05, 4.69) is 10.3 Å². The van der Waals surface area contributed by atoms with Crippen molar-refractivity contribution in [3.63, 3.8) is 0 Å². The topological polar surface area (TPSA) is 89.1 Å². The molecule has 3 aromatic carbocycles. The number of benzene rings is 3. The molecule has 4 N–H and O–H groups in total. The number of rotatable bonds is 6. The molecule has 0 amide bonds. The molecule has 0 aromatic heterocycles. The summed E-state index contributed by atoms with van der Waals surface area (Å²) in [6.07, 6.45) is 0. The number of nitrogens with zero attached hydrogens (tertiary/aromatic N) is 1. The van der Waals surface area contributed by atoms with Crippen LogP contribution < -0.4 is 20.5 Å². The van der Waals surface area contributed by atoms with Crippen LogP contribution in [0.2, 0.25) is 0 Å². The van der Waals surface area contributed by atoms with E-state index in [0.717, 1.165) is 11.4 Å². The second-order valence-corrected chi connectivity index (χ2v) is 5.76. The Kier molecular flexibility index (Phi) is 7.94. The molecular formula is C21H22IN3O3. The fraction of sp³-hybridized carbons (Fsp3) is 0.0952. The predicted octanol–water partition coefficient (Wildman–Crippen LogP) is 4.74. The second-order valence-electron chi connectivity index (χ2n) is 5.76. The van der Waals surface area contributed by atoms with Gasteiger partial charge in [0.2, 0.25) is 0 Å². The highest BCUT2D eigenvalue weighted by atomic mass is 127. The van der Waals surface area contributed by atoms with Gasteiger partial charge in [0.15, 0.2) is 5.96 Å². The molecule has 0 saturated carbocycles. The lowest BCUT2D eigenvalue weighted by Gasteiger charge is -2.10. The number of nitrogens with two attached hydrogens (primary N) is 1. The van der Waals surface area contributed by atoms with Gasteiger partial charge in [-0.25, -0.2) is 4.99 Å². The van der Waals surface area contributed by atoms with E-state index in [9.17, 15) is 5.11 Å². The molecule has 0 radical (unpaired) electrons. The van der Waals surface area contributed by atoms with Crippen LogP contribution in [0.25, 0.3) is 0 Å². The minimum Gasteiger partial charge on any atom is -0.508 e. The molecule has 7 heteroatoms. The van der Waals surface area contributed by atoms with E-state index in [0.29, 0.717) is 17.1 Å². The third-order valence-corrected chi connectivity index (χ3v) is 3.79. The van der Waals surface area contributed by atoms with Gasteiger partial charge in [0.05, 0.1) is 13.7 Å². The Labute approximate surface area is 181 Å². The van der Waals surface area contributed by atoms with Crippen LogP contribution in [0.15, 0.2) is 77.8 Å². The molecular weight excluding hydrogens is 469 g/mol. The first-order valence-electron chi connectivity index (χ1n) is 8.40. The molecule has 6 nitrogen and oxygen atoms in total. The van der Waals surface area contributed by atoms with E-state index in [1.54, 1.807) is 25.3 Å². The van der Waals surface area contributed by atoms with Crippen molar-refractivity contribution in [1.29, 1.82) is 0 Å². The van der Waals surface area contributed by atoms with Crippen LogP contribution in [0.4, 0.5) is 5.69 Å². The molecule has 3 rings (SSSR count). The van der Waals surface area contributed by atoms with Crippen molar-refractivity contribution in [3.05, 3.63) is 78.4 Å². The summed E-state index contributed by atoms with van der Waals surface area (Å²) >= 11 is 0. The maximum absolute atomic E-state index is 9.91. The Bertz CT molecular complexity index is 933. The van der Waals surface area contributed by atoms with E-state index < -0.39 is 0 Å². The number of aromatic hydroxyl groups is 1. The lowest BCUT2D eigenvalue weighted by atomic mass is 10.2. The third kappa shape index (κ3) is 6.05. The number of phenols is 1. The zero-order valence-corrected chi connectivity index (χ0v) is 17.7. The summed E-state index contributed by atoms with van der Waals surface area (Å²) < 4.78 is 11.0. The molecule has 0 bridgehead atoms. The van der Waals surface area contributed by atoms with Crippen molar-refractivity contribution in [3.8, 4) is 23.0 Å². The molecule has 0 saturated heterocycles. The summed E-state index contributed by atoms with van der Waals surface area (Å²) in [5, 5.41) is 12.9. The highest BCUT2D eigenvalue weighted by Gasteiger charge is 2.04. The minimum absolute atomic E-state index is 0. The highest BCUT2D eigenvalue weighted by molar-refractivity contribution is 14.0. The van der Waals surface area contributed by atoms with Crippen molar-refractivity contribution in [1.82, 2.24) is 0 Å². The van der Waals surface area contributed by atoms with Gasteiger partial charge < -0.3 is 25.6 Å². The van der Waals surface area contributed by atoms with E-state index in [1.807, 2.05) is 54.6 Å². The summed E-state index contributed by atoms with van der Waals surface area (Å²) in [6, 6.07) is 21.9. The van der Waals surface area contributed by atoms with Gasteiger partial charge in [-0.2, -0.15) is 0 Å². The van der Waals surface area contributed by atoms with Gasteiger partial charge in [0.1, 0.15) is 23.0 Å². The van der Waals surface area contributed by atoms with Crippen molar-refractivity contribution in [2.24, 2.45) is 10.7 Å². The molecule has 146 valence electrons. The Morgan fingerprint density at radius 1 is 0.964 bits per heavy atom. The predicted molar refractivity (Wildman–Crippen MR) is 122 cm³/mol. The van der Waals surface area contributed by atoms with Crippen LogP contribution in [0, 0.1) is 0 Å². The molecule has 0 aliphatic carbocycles. The van der Waals surface area contributed by atoms with Gasteiger partial charge in [-0.3, -0.25) is 0 Å². The molecule has 0 spiro atoms. The number of ether oxygens (including phenoxy) is 2. The summed E-state index contributed by atoms with van der Waals surface area (Å²) in [6.45, 7) is 0.224. The normalized spacial score (nSPS) is 10.7. The fourth-order valence-corrected chi connectivity index (χ4v) is 2.44. The number of halogens is 1. The maximum atomic E-state index is 9.91. The number of hydrogen-bond acceptors (Lipinski definition) is 4. The monoisotopic (exact) mass is 491 g/mol. The van der Waals surface area contributed by atoms with Crippen molar-refractivity contribution >= 4 is 35.6 Å². The van der Waals surface area contributed by atoms with Crippen LogP contribution in [0.5, 0.6) is 23.0 Å². The summed E-state index contributed by atoms with van der Waals surface area (Å²) in [5.74, 6) is 2.46. The van der Waals surface area contributed by atoms with Gasteiger partial charge >= 0.3 is 0 Å². The summed E-state index contributed by atoms with van der Waals surface area (Å²) in [7, 11) is 1.57. The van der Waals surface area contributed by atoms with Crippen molar-refractivity contribution in [2.45, 2.75) is 6.54 Å². The number of para-hydroxylation sites is 1. The number of hydrogen-bond donors (Lipinski definition) is 3. The SMILES string of the molecule is COc1ccc(O)c(CN=C(N)Nc2cccc(Oc3ccccc3)c2)c1.I. The molecule has 0 fully saturated rings. The van der Waals surface area contributed by atoms with Gasteiger partial charge in [0, 0.05) is 17.3 Å². The molecule has 0 heterocycles. The zero-order valence-electron chi connectivity index (χ0n) is 15.3. The first-order chi connectivity index (χ1) is 13.1. The molecule has 3 aromatic rings. The van der Waals surface area contributed by atoms with Crippen LogP contribution in [0.3, 0.4) is 0 Å². The second kappa shape index (κ2) is 10.4. The lowest BCUT2D eigenvalue weighted by Crippen LogP contribution is -2.22. The average Bonchev–Trinajstić information content (AvgIpc) is 2.68. The standard InChI is InChI=1S/C21H21N3O3.HI/c1-26-18-10-11-20(25)15(12-18)14-23-21(22)24-16-6-5-9-19(13-16)27-17-7-3-2-4-8-17;/h2-13,25H,14H2,1H3,(H3,22,23,24);1H.